The molecule has 5 rings (SSSR count). The number of esters is 1. The van der Waals surface area contributed by atoms with E-state index in [0.717, 1.165) is 34.7 Å². The lowest BCUT2D eigenvalue weighted by molar-refractivity contribution is -0.139. The average molecular weight is 599 g/mol. The molecule has 0 bridgehead atoms. The summed E-state index contributed by atoms with van der Waals surface area (Å²) in [5, 5.41) is 0. The van der Waals surface area contributed by atoms with Crippen LogP contribution in [-0.4, -0.2) is 42.9 Å². The van der Waals surface area contributed by atoms with Gasteiger partial charge in [-0.25, -0.2) is 9.79 Å². The van der Waals surface area contributed by atoms with Gasteiger partial charge in [0.15, 0.2) is 4.80 Å². The van der Waals surface area contributed by atoms with E-state index < -0.39 is 12.0 Å². The van der Waals surface area contributed by atoms with Crippen LogP contribution in [-0.2, 0) is 9.53 Å². The molecule has 3 heterocycles. The van der Waals surface area contributed by atoms with Gasteiger partial charge in [0.1, 0.15) is 11.8 Å². The van der Waals surface area contributed by atoms with E-state index in [1.165, 1.54) is 11.3 Å². The molecule has 0 radical (unpaired) electrons. The number of carbonyl (C=O) groups is 1. The number of anilines is 1. The van der Waals surface area contributed by atoms with Gasteiger partial charge >= 0.3 is 5.97 Å². The van der Waals surface area contributed by atoms with E-state index in [1.807, 2.05) is 51.4 Å². The largest absolute Gasteiger partial charge is 0.496 e. The Morgan fingerprint density at radius 1 is 1.09 bits per heavy atom. The van der Waals surface area contributed by atoms with E-state index in [1.54, 1.807) is 18.6 Å². The van der Waals surface area contributed by atoms with Crippen LogP contribution in [0, 0.1) is 13.8 Å². The molecule has 43 heavy (non-hydrogen) atoms. The average Bonchev–Trinajstić information content (AvgIpc) is 3.46. The summed E-state index contributed by atoms with van der Waals surface area (Å²) < 4.78 is 15.6. The number of rotatable bonds is 9. The molecule has 0 unspecified atom stereocenters. The molecule has 0 N–H and O–H groups in total. The second-order valence-electron chi connectivity index (χ2n) is 10.7. The molecular formula is C34H38N4O4S. The molecule has 8 nitrogen and oxygen atoms in total. The van der Waals surface area contributed by atoms with Gasteiger partial charge in [0, 0.05) is 42.4 Å². The zero-order valence-corrected chi connectivity index (χ0v) is 26.6. The first-order chi connectivity index (χ1) is 20.7. The van der Waals surface area contributed by atoms with Gasteiger partial charge in [0.2, 0.25) is 0 Å². The Bertz CT molecular complexity index is 1880. The molecule has 2 aromatic carbocycles. The molecule has 4 aromatic rings. The molecule has 1 aliphatic heterocycles. The molecular weight excluding hydrogens is 560 g/mol. The van der Waals surface area contributed by atoms with Crippen molar-refractivity contribution in [2.24, 2.45) is 4.99 Å². The molecule has 0 saturated carbocycles. The summed E-state index contributed by atoms with van der Waals surface area (Å²) in [4.78, 5) is 35.2. The predicted octanol–water partition coefficient (Wildman–Crippen LogP) is 5.06. The first kappa shape index (κ1) is 30.1. The normalized spacial score (nSPS) is 14.9. The number of carbonyl (C=O) groups excluding carboxylic acids is 1. The van der Waals surface area contributed by atoms with Crippen molar-refractivity contribution in [1.29, 1.82) is 0 Å². The Balaban J connectivity index is 1.71. The lowest BCUT2D eigenvalue weighted by atomic mass is 9.93. The van der Waals surface area contributed by atoms with Crippen molar-refractivity contribution >= 4 is 29.1 Å². The number of fused-ring (bicyclic) bond motifs is 1. The first-order valence-corrected chi connectivity index (χ1v) is 15.3. The second-order valence-corrected chi connectivity index (χ2v) is 11.7. The lowest BCUT2D eigenvalue weighted by Gasteiger charge is -2.26. The Morgan fingerprint density at radius 2 is 1.81 bits per heavy atom. The molecule has 0 saturated heterocycles. The van der Waals surface area contributed by atoms with Crippen LogP contribution in [0.3, 0.4) is 0 Å². The second kappa shape index (κ2) is 12.5. The van der Waals surface area contributed by atoms with Gasteiger partial charge in [0.05, 0.1) is 29.5 Å². The van der Waals surface area contributed by atoms with E-state index in [2.05, 4.69) is 53.6 Å². The van der Waals surface area contributed by atoms with Crippen molar-refractivity contribution < 1.29 is 14.3 Å². The van der Waals surface area contributed by atoms with Gasteiger partial charge in [-0.05, 0) is 75.2 Å². The number of ether oxygens (including phenoxy) is 2. The van der Waals surface area contributed by atoms with Crippen molar-refractivity contribution in [2.75, 3.05) is 32.7 Å². The first-order valence-electron chi connectivity index (χ1n) is 14.5. The van der Waals surface area contributed by atoms with Crippen LogP contribution in [0.1, 0.15) is 55.2 Å². The fraction of sp³-hybridized carbons (Fsp3) is 0.324. The van der Waals surface area contributed by atoms with Crippen molar-refractivity contribution in [2.45, 2.75) is 46.6 Å². The number of nitrogens with zero attached hydrogens (tertiary/aromatic N) is 4. The van der Waals surface area contributed by atoms with Crippen LogP contribution in [0.25, 0.3) is 11.8 Å². The summed E-state index contributed by atoms with van der Waals surface area (Å²) in [7, 11) is 5.64. The summed E-state index contributed by atoms with van der Waals surface area (Å²) in [6.07, 6.45) is 3.30. The standard InChI is InChI=1S/C34H38N4O4S/c1-8-12-27-30(33(40)42-9-2)31(26-13-10-11-14-28(26)41-7)38-32(39)29(43-34(38)35-27)20-23-19-21(3)37(22(23)4)25-17-15-24(16-18-25)36(5)6/h10-11,13-20,31H,8-9,12H2,1-7H3/b29-20+/t31-/m0/s1. The monoisotopic (exact) mass is 598 g/mol. The Hall–Kier alpha value is -4.37. The number of aromatic nitrogens is 2. The number of para-hydroxylation sites is 1. The van der Waals surface area contributed by atoms with Crippen molar-refractivity contribution in [1.82, 2.24) is 9.13 Å². The van der Waals surface area contributed by atoms with Gasteiger partial charge in [-0.15, -0.1) is 0 Å². The molecule has 2 aromatic heterocycles. The van der Waals surface area contributed by atoms with E-state index in [-0.39, 0.29) is 12.2 Å². The van der Waals surface area contributed by atoms with Crippen molar-refractivity contribution in [3.8, 4) is 11.4 Å². The van der Waals surface area contributed by atoms with E-state index in [9.17, 15) is 9.59 Å². The Labute approximate surface area is 255 Å². The van der Waals surface area contributed by atoms with Gasteiger partial charge in [-0.3, -0.25) is 9.36 Å². The summed E-state index contributed by atoms with van der Waals surface area (Å²) in [5.74, 6) is 0.120. The highest BCUT2D eigenvalue weighted by Gasteiger charge is 2.35. The topological polar surface area (TPSA) is 78.1 Å². The Morgan fingerprint density at radius 3 is 2.47 bits per heavy atom. The zero-order chi connectivity index (χ0) is 30.8. The molecule has 0 amide bonds. The maximum absolute atomic E-state index is 14.2. The van der Waals surface area contributed by atoms with E-state index >= 15 is 0 Å². The minimum absolute atomic E-state index is 0.211. The highest BCUT2D eigenvalue weighted by Crippen LogP contribution is 2.37. The van der Waals surface area contributed by atoms with Crippen LogP contribution in [0.5, 0.6) is 5.75 Å². The molecule has 1 aliphatic rings. The van der Waals surface area contributed by atoms with Gasteiger partial charge in [-0.2, -0.15) is 0 Å². The molecule has 9 heteroatoms. The van der Waals surface area contributed by atoms with Crippen molar-refractivity contribution in [3.63, 3.8) is 0 Å². The molecule has 0 fully saturated rings. The van der Waals surface area contributed by atoms with Crippen LogP contribution in [0.2, 0.25) is 0 Å². The van der Waals surface area contributed by atoms with Gasteiger partial charge in [0.25, 0.3) is 5.56 Å². The fourth-order valence-corrected chi connectivity index (χ4v) is 6.69. The Kier molecular flexibility index (Phi) is 8.73. The molecule has 0 aliphatic carbocycles. The van der Waals surface area contributed by atoms with Crippen LogP contribution >= 0.6 is 11.3 Å². The fourth-order valence-electron chi connectivity index (χ4n) is 5.68. The third-order valence-corrected chi connectivity index (χ3v) is 8.69. The zero-order valence-electron chi connectivity index (χ0n) is 25.8. The van der Waals surface area contributed by atoms with Gasteiger partial charge < -0.3 is 18.9 Å². The number of benzene rings is 2. The predicted molar refractivity (Wildman–Crippen MR) is 172 cm³/mol. The summed E-state index contributed by atoms with van der Waals surface area (Å²) >= 11 is 1.34. The van der Waals surface area contributed by atoms with E-state index in [4.69, 9.17) is 14.5 Å². The number of hydrogen-bond donors (Lipinski definition) is 0. The maximum Gasteiger partial charge on any atom is 0.338 e. The molecule has 224 valence electrons. The quantitative estimate of drug-likeness (QED) is 0.252. The third-order valence-electron chi connectivity index (χ3n) is 7.71. The minimum atomic E-state index is -0.724. The van der Waals surface area contributed by atoms with Crippen LogP contribution in [0.4, 0.5) is 5.69 Å². The third kappa shape index (κ3) is 5.57. The molecule has 0 spiro atoms. The molecule has 1 atom stereocenters. The SMILES string of the molecule is CCCC1=C(C(=O)OCC)[C@H](c2ccccc2OC)n2c(s/c(=C/c3cc(C)n(-c4ccc(N(C)C)cc4)c3C)c2=O)=N1. The van der Waals surface area contributed by atoms with Gasteiger partial charge in [-0.1, -0.05) is 42.9 Å². The number of aryl methyl sites for hydroxylation is 1. The number of hydrogen-bond acceptors (Lipinski definition) is 7. The minimum Gasteiger partial charge on any atom is -0.496 e. The number of allylic oxidation sites excluding steroid dienone is 1. The van der Waals surface area contributed by atoms with Crippen LogP contribution in [0.15, 0.2) is 75.7 Å². The van der Waals surface area contributed by atoms with E-state index in [0.29, 0.717) is 38.3 Å². The smallest absolute Gasteiger partial charge is 0.338 e. The summed E-state index contributed by atoms with van der Waals surface area (Å²) in [6.45, 7) is 8.17. The summed E-state index contributed by atoms with van der Waals surface area (Å²) in [5.41, 5.74) is 6.75. The van der Waals surface area contributed by atoms with Crippen LogP contribution < -0.4 is 24.5 Å². The highest BCUT2D eigenvalue weighted by molar-refractivity contribution is 7.07. The summed E-state index contributed by atoms with van der Waals surface area (Å²) in [6, 6.07) is 17.3. The maximum atomic E-state index is 14.2. The number of thiazole rings is 1. The number of methoxy groups -OCH3 is 1. The lowest BCUT2D eigenvalue weighted by Crippen LogP contribution is -2.40. The van der Waals surface area contributed by atoms with Crippen molar-refractivity contribution in [3.05, 3.63) is 108 Å². The highest BCUT2D eigenvalue weighted by atomic mass is 32.1.